The zero-order valence-corrected chi connectivity index (χ0v) is 42.8. The third-order valence-corrected chi connectivity index (χ3v) is 13.0. The van der Waals surface area contributed by atoms with E-state index in [9.17, 15) is 34.4 Å². The van der Waals surface area contributed by atoms with Gasteiger partial charge in [0, 0.05) is 17.7 Å². The molecule has 6 aromatic rings. The van der Waals surface area contributed by atoms with E-state index in [1.807, 2.05) is 0 Å². The number of non-ortho nitro benzene ring substituents is 1. The van der Waals surface area contributed by atoms with Crippen LogP contribution in [0.4, 0.5) is 5.69 Å². The van der Waals surface area contributed by atoms with Crippen LogP contribution in [0.15, 0.2) is 152 Å². The third kappa shape index (κ3) is 13.0. The molecule has 9 rings (SSSR count). The Morgan fingerprint density at radius 3 is 1.47 bits per heavy atom. The molecule has 22 heteroatoms. The molecule has 0 spiro atoms. The number of nitro benzene ring substituents is 1. The van der Waals surface area contributed by atoms with Crippen molar-refractivity contribution < 1.29 is 95.5 Å². The molecule has 6 aromatic carbocycles. The molecule has 3 aliphatic heterocycles. The summed E-state index contributed by atoms with van der Waals surface area (Å²) in [5.74, 6) is -2.22. The van der Waals surface area contributed by atoms with Crippen LogP contribution in [0.5, 0.6) is 28.7 Å². The third-order valence-electron chi connectivity index (χ3n) is 13.0. The molecule has 79 heavy (non-hydrogen) atoms. The minimum Gasteiger partial charge on any atom is -0.497 e. The zero-order valence-electron chi connectivity index (χ0n) is 42.8. The van der Waals surface area contributed by atoms with Crippen molar-refractivity contribution in [1.82, 2.24) is 0 Å². The molecule has 3 heterocycles. The van der Waals surface area contributed by atoms with Gasteiger partial charge in [-0.15, -0.1) is 0 Å². The van der Waals surface area contributed by atoms with E-state index >= 15 is 0 Å². The number of methoxy groups -OCH3 is 4. The van der Waals surface area contributed by atoms with E-state index < -0.39 is 103 Å². The standard InChI is InChI=1S/C57H53NO21/c1-66-38-20-10-32(11-21-38)51(60)70-30-44-47(75-52(61)33-12-22-39(67-2)23-13-33)49(76-53(62)34-14-24-40(68-3)25-15-34)50(77-54(63)35-16-26-41(69-4)27-17-35)57(74-44)79-48-45(59)46-43(31-71-55(78-46)36-8-6-5-7-9-36)73-56(48)72-42-28-18-37(19-29-42)58(64)65/h5-29,43-50,55-57,59H,30-31H2,1-4H3. The summed E-state index contributed by atoms with van der Waals surface area (Å²) >= 11 is 0. The molecule has 412 valence electrons. The lowest BCUT2D eigenvalue weighted by molar-refractivity contribution is -0.385. The average Bonchev–Trinajstić information content (AvgIpc) is 3.54. The van der Waals surface area contributed by atoms with Crippen LogP contribution in [-0.4, -0.2) is 137 Å². The van der Waals surface area contributed by atoms with Crippen LogP contribution < -0.4 is 23.7 Å². The van der Waals surface area contributed by atoms with Crippen molar-refractivity contribution in [2.45, 2.75) is 67.7 Å². The predicted molar refractivity (Wildman–Crippen MR) is 272 cm³/mol. The lowest BCUT2D eigenvalue weighted by Crippen LogP contribution is -2.67. The summed E-state index contributed by atoms with van der Waals surface area (Å²) in [7, 11) is 5.77. The normalized spacial score (nSPS) is 24.3. The Kier molecular flexibility index (Phi) is 17.6. The highest BCUT2D eigenvalue weighted by Gasteiger charge is 2.58. The fraction of sp³-hybridized carbons (Fsp3) is 0.298. The Balaban J connectivity index is 1.15. The van der Waals surface area contributed by atoms with Gasteiger partial charge in [-0.2, -0.15) is 0 Å². The molecule has 11 unspecified atom stereocenters. The first kappa shape index (κ1) is 55.1. The molecule has 0 aliphatic carbocycles. The average molecular weight is 1090 g/mol. The number of benzene rings is 6. The molecule has 0 aromatic heterocycles. The Labute approximate surface area is 451 Å². The van der Waals surface area contributed by atoms with Crippen molar-refractivity contribution in [3.8, 4) is 28.7 Å². The van der Waals surface area contributed by atoms with Gasteiger partial charge in [-0.3, -0.25) is 10.1 Å². The summed E-state index contributed by atoms with van der Waals surface area (Å²) in [4.78, 5) is 68.3. The number of carbonyl (C=O) groups excluding carboxylic acids is 4. The van der Waals surface area contributed by atoms with Crippen molar-refractivity contribution >= 4 is 29.6 Å². The summed E-state index contributed by atoms with van der Waals surface area (Å²) in [6, 6.07) is 37.3. The van der Waals surface area contributed by atoms with Gasteiger partial charge in [0.05, 0.1) is 62.2 Å². The molecular weight excluding hydrogens is 1030 g/mol. The number of hydrogen-bond donors (Lipinski definition) is 1. The Hall–Kier alpha value is -8.64. The van der Waals surface area contributed by atoms with Crippen molar-refractivity contribution in [2.24, 2.45) is 0 Å². The van der Waals surface area contributed by atoms with E-state index in [0.29, 0.717) is 28.6 Å². The number of carbonyl (C=O) groups is 4. The predicted octanol–water partition coefficient (Wildman–Crippen LogP) is 6.85. The molecule has 11 atom stereocenters. The highest BCUT2D eigenvalue weighted by Crippen LogP contribution is 2.39. The largest absolute Gasteiger partial charge is 0.497 e. The SMILES string of the molecule is COc1ccc(C(=O)OCC2OC(OC3C(Oc4ccc([N+](=O)[O-])cc4)OC4COC(c5ccccc5)OC4C3O)C(OC(=O)c3ccc(OC)cc3)C(OC(=O)c3ccc(OC)cc3)C2OC(=O)c2ccc(OC)cc2)cc1. The van der Waals surface area contributed by atoms with Gasteiger partial charge in [0.15, 0.2) is 37.0 Å². The van der Waals surface area contributed by atoms with Crippen LogP contribution in [-0.2, 0) is 42.6 Å². The Bertz CT molecular complexity index is 3030. The maximum atomic E-state index is 14.5. The van der Waals surface area contributed by atoms with Crippen LogP contribution in [0.1, 0.15) is 53.3 Å². The van der Waals surface area contributed by atoms with Crippen molar-refractivity contribution in [3.63, 3.8) is 0 Å². The summed E-state index contributed by atoms with van der Waals surface area (Å²) in [5, 5.41) is 24.2. The monoisotopic (exact) mass is 1090 g/mol. The van der Waals surface area contributed by atoms with E-state index in [1.165, 1.54) is 150 Å². The van der Waals surface area contributed by atoms with Crippen molar-refractivity contribution in [2.75, 3.05) is 41.7 Å². The summed E-state index contributed by atoms with van der Waals surface area (Å²) in [6.07, 6.45) is -17.6. The molecule has 0 bridgehead atoms. The number of nitro groups is 1. The molecule has 3 aliphatic rings. The number of nitrogens with zero attached hydrogens (tertiary/aromatic N) is 1. The number of hydrogen-bond acceptors (Lipinski definition) is 21. The number of aliphatic hydroxyl groups excluding tert-OH is 1. The van der Waals surface area contributed by atoms with E-state index in [-0.39, 0.29) is 40.3 Å². The number of ether oxygens (including phenoxy) is 14. The highest BCUT2D eigenvalue weighted by atomic mass is 16.8. The van der Waals surface area contributed by atoms with E-state index in [4.69, 9.17) is 66.3 Å². The second kappa shape index (κ2) is 25.2. The summed E-state index contributed by atoms with van der Waals surface area (Å²) in [6.45, 7) is -0.861. The Morgan fingerprint density at radius 2 is 0.987 bits per heavy atom. The van der Waals surface area contributed by atoms with Gasteiger partial charge in [0.2, 0.25) is 6.29 Å². The van der Waals surface area contributed by atoms with Gasteiger partial charge >= 0.3 is 23.9 Å². The Morgan fingerprint density at radius 1 is 0.532 bits per heavy atom. The van der Waals surface area contributed by atoms with Crippen LogP contribution >= 0.6 is 0 Å². The maximum absolute atomic E-state index is 14.5. The van der Waals surface area contributed by atoms with Crippen molar-refractivity contribution in [1.29, 1.82) is 0 Å². The number of rotatable bonds is 19. The van der Waals surface area contributed by atoms with E-state index in [2.05, 4.69) is 0 Å². The molecular formula is C57H53NO21. The molecule has 0 saturated carbocycles. The number of aliphatic hydroxyl groups is 1. The molecule has 0 radical (unpaired) electrons. The van der Waals surface area contributed by atoms with Crippen molar-refractivity contribution in [3.05, 3.63) is 190 Å². The highest BCUT2D eigenvalue weighted by molar-refractivity contribution is 5.92. The van der Waals surface area contributed by atoms with Gasteiger partial charge in [-0.25, -0.2) is 19.2 Å². The molecule has 3 fully saturated rings. The second-order valence-corrected chi connectivity index (χ2v) is 17.8. The van der Waals surface area contributed by atoms with Gasteiger partial charge in [0.25, 0.3) is 5.69 Å². The van der Waals surface area contributed by atoms with Crippen LogP contribution in [0.3, 0.4) is 0 Å². The fourth-order valence-corrected chi connectivity index (χ4v) is 8.77. The number of esters is 4. The maximum Gasteiger partial charge on any atom is 0.338 e. The first-order chi connectivity index (χ1) is 38.3. The molecule has 22 nitrogen and oxygen atoms in total. The van der Waals surface area contributed by atoms with E-state index in [1.54, 1.807) is 30.3 Å². The fourth-order valence-electron chi connectivity index (χ4n) is 8.77. The smallest absolute Gasteiger partial charge is 0.338 e. The van der Waals surface area contributed by atoms with Gasteiger partial charge in [-0.1, -0.05) is 30.3 Å². The minimum atomic E-state index is -1.98. The van der Waals surface area contributed by atoms with Gasteiger partial charge < -0.3 is 71.4 Å². The zero-order chi connectivity index (χ0) is 55.6. The topological polar surface area (TPSA) is 261 Å². The quantitative estimate of drug-likeness (QED) is 0.0376. The van der Waals surface area contributed by atoms with E-state index in [0.717, 1.165) is 0 Å². The first-order valence-corrected chi connectivity index (χ1v) is 24.6. The molecule has 1 N–H and O–H groups in total. The summed E-state index contributed by atoms with van der Waals surface area (Å²) in [5.41, 5.74) is 0.370. The van der Waals surface area contributed by atoms with Crippen LogP contribution in [0.25, 0.3) is 0 Å². The second-order valence-electron chi connectivity index (χ2n) is 17.8. The summed E-state index contributed by atoms with van der Waals surface area (Å²) < 4.78 is 84.4. The first-order valence-electron chi connectivity index (χ1n) is 24.6. The lowest BCUT2D eigenvalue weighted by Gasteiger charge is -2.50. The van der Waals surface area contributed by atoms with Gasteiger partial charge in [0.1, 0.15) is 59.8 Å². The number of fused-ring (bicyclic) bond motifs is 1. The lowest BCUT2D eigenvalue weighted by atomic mass is 9.95. The van der Waals surface area contributed by atoms with Crippen LogP contribution in [0.2, 0.25) is 0 Å². The molecule has 0 amide bonds. The minimum absolute atomic E-state index is 0.00584. The van der Waals surface area contributed by atoms with Gasteiger partial charge in [-0.05, 0) is 109 Å². The van der Waals surface area contributed by atoms with Crippen LogP contribution in [0, 0.1) is 10.1 Å². The molecule has 3 saturated heterocycles.